The molecule has 2 saturated heterocycles. The highest BCUT2D eigenvalue weighted by atomic mass is 16.2. The lowest BCUT2D eigenvalue weighted by atomic mass is 9.72. The minimum absolute atomic E-state index is 0.0199. The summed E-state index contributed by atoms with van der Waals surface area (Å²) in [7, 11) is 1.91. The van der Waals surface area contributed by atoms with E-state index in [-0.39, 0.29) is 23.3 Å². The van der Waals surface area contributed by atoms with Crippen molar-refractivity contribution in [2.75, 3.05) is 33.2 Å². The van der Waals surface area contributed by atoms with Crippen LogP contribution in [0.3, 0.4) is 0 Å². The van der Waals surface area contributed by atoms with Crippen LogP contribution in [0, 0.1) is 19.3 Å². The van der Waals surface area contributed by atoms with Crippen molar-refractivity contribution in [3.05, 3.63) is 34.9 Å². The smallest absolute Gasteiger partial charge is 0.234 e. The number of rotatable bonds is 4. The van der Waals surface area contributed by atoms with E-state index in [2.05, 4.69) is 49.2 Å². The Balaban J connectivity index is 1.49. The fourth-order valence-electron chi connectivity index (χ4n) is 4.62. The molecule has 0 unspecified atom stereocenters. The van der Waals surface area contributed by atoms with Crippen LogP contribution in [0.15, 0.2) is 18.2 Å². The summed E-state index contributed by atoms with van der Waals surface area (Å²) < 4.78 is 0. The molecule has 0 aromatic heterocycles. The molecule has 5 nitrogen and oxygen atoms in total. The van der Waals surface area contributed by atoms with Crippen LogP contribution in [-0.4, -0.2) is 54.8 Å². The number of hydrogen-bond acceptors (Lipinski definition) is 3. The van der Waals surface area contributed by atoms with Crippen molar-refractivity contribution in [3.8, 4) is 0 Å². The second kappa shape index (κ2) is 8.01. The molecular formula is C22H33N3O2. The molecule has 0 bridgehead atoms. The van der Waals surface area contributed by atoms with E-state index in [1.165, 1.54) is 16.7 Å². The fraction of sp³-hybridized carbons (Fsp3) is 0.636. The Morgan fingerprint density at radius 1 is 1.22 bits per heavy atom. The highest BCUT2D eigenvalue weighted by molar-refractivity contribution is 5.78. The van der Waals surface area contributed by atoms with Gasteiger partial charge in [0.1, 0.15) is 0 Å². The Morgan fingerprint density at radius 3 is 2.59 bits per heavy atom. The van der Waals surface area contributed by atoms with Crippen LogP contribution in [0.5, 0.6) is 0 Å². The number of carbonyl (C=O) groups is 2. The van der Waals surface area contributed by atoms with Crippen molar-refractivity contribution < 1.29 is 9.59 Å². The molecule has 1 aromatic rings. The maximum atomic E-state index is 12.5. The molecule has 1 spiro atoms. The summed E-state index contributed by atoms with van der Waals surface area (Å²) in [6.45, 7) is 9.43. The van der Waals surface area contributed by atoms with Crippen molar-refractivity contribution in [2.24, 2.45) is 5.41 Å². The van der Waals surface area contributed by atoms with Crippen LogP contribution < -0.4 is 5.32 Å². The lowest BCUT2D eigenvalue weighted by Crippen LogP contribution is -2.51. The maximum absolute atomic E-state index is 12.5. The number of amides is 2. The van der Waals surface area contributed by atoms with Gasteiger partial charge in [0.15, 0.2) is 0 Å². The molecule has 5 heteroatoms. The van der Waals surface area contributed by atoms with E-state index in [0.717, 1.165) is 38.9 Å². The Labute approximate surface area is 163 Å². The van der Waals surface area contributed by atoms with Gasteiger partial charge in [0, 0.05) is 20.0 Å². The molecule has 2 fully saturated rings. The number of piperidine rings is 2. The summed E-state index contributed by atoms with van der Waals surface area (Å²) in [5, 5.41) is 3.16. The second-order valence-corrected chi connectivity index (χ2v) is 8.68. The normalized spacial score (nSPS) is 21.3. The Hall–Kier alpha value is -1.88. The van der Waals surface area contributed by atoms with E-state index in [9.17, 15) is 9.59 Å². The van der Waals surface area contributed by atoms with Gasteiger partial charge in [-0.2, -0.15) is 0 Å². The molecule has 2 aliphatic heterocycles. The minimum Gasteiger partial charge on any atom is -0.348 e. The molecule has 0 saturated carbocycles. The zero-order chi connectivity index (χ0) is 19.6. The van der Waals surface area contributed by atoms with Crippen molar-refractivity contribution in [3.63, 3.8) is 0 Å². The molecular weight excluding hydrogens is 338 g/mol. The van der Waals surface area contributed by atoms with E-state index >= 15 is 0 Å². The molecule has 1 aromatic carbocycles. The van der Waals surface area contributed by atoms with Gasteiger partial charge in [-0.3, -0.25) is 14.5 Å². The first-order valence-corrected chi connectivity index (χ1v) is 10.1. The summed E-state index contributed by atoms with van der Waals surface area (Å²) in [5.74, 6) is 0.359. The molecule has 27 heavy (non-hydrogen) atoms. The standard InChI is InChI=1S/C22H33N3O2/c1-16-5-6-17(2)19(13-16)18(3)23-20(26)14-25-11-9-22(10-12-25)8-7-21(27)24(4)15-22/h5-6,13,18H,7-12,14-15H2,1-4H3,(H,23,26)/t18-/m0/s1. The van der Waals surface area contributed by atoms with Crippen molar-refractivity contribution in [2.45, 2.75) is 52.5 Å². The average Bonchev–Trinajstić information content (AvgIpc) is 2.62. The molecule has 0 aliphatic carbocycles. The topological polar surface area (TPSA) is 52.7 Å². The zero-order valence-electron chi connectivity index (χ0n) is 17.2. The van der Waals surface area contributed by atoms with E-state index < -0.39 is 0 Å². The SMILES string of the molecule is Cc1ccc(C)c([C@H](C)NC(=O)CN2CCC3(CCC(=O)N(C)C3)CC2)c1. The van der Waals surface area contributed by atoms with Crippen LogP contribution >= 0.6 is 0 Å². The van der Waals surface area contributed by atoms with Crippen LogP contribution in [0.2, 0.25) is 0 Å². The van der Waals surface area contributed by atoms with Gasteiger partial charge in [-0.15, -0.1) is 0 Å². The zero-order valence-corrected chi connectivity index (χ0v) is 17.2. The van der Waals surface area contributed by atoms with Gasteiger partial charge < -0.3 is 10.2 Å². The third-order valence-electron chi connectivity index (χ3n) is 6.43. The number of nitrogens with one attached hydrogen (secondary N) is 1. The van der Waals surface area contributed by atoms with Gasteiger partial charge in [0.05, 0.1) is 12.6 Å². The molecule has 2 amide bonds. The number of likely N-dealkylation sites (tertiary alicyclic amines) is 2. The third kappa shape index (κ3) is 4.70. The molecule has 2 heterocycles. The first-order chi connectivity index (χ1) is 12.8. The van der Waals surface area contributed by atoms with E-state index in [1.54, 1.807) is 0 Å². The van der Waals surface area contributed by atoms with Crippen molar-refractivity contribution in [1.82, 2.24) is 15.1 Å². The molecule has 2 aliphatic rings. The van der Waals surface area contributed by atoms with Gasteiger partial charge in [-0.1, -0.05) is 23.8 Å². The van der Waals surface area contributed by atoms with Crippen LogP contribution in [0.25, 0.3) is 0 Å². The van der Waals surface area contributed by atoms with Crippen LogP contribution in [0.1, 0.15) is 55.3 Å². The summed E-state index contributed by atoms with van der Waals surface area (Å²) >= 11 is 0. The lowest BCUT2D eigenvalue weighted by molar-refractivity contribution is -0.137. The Morgan fingerprint density at radius 2 is 1.93 bits per heavy atom. The highest BCUT2D eigenvalue weighted by Crippen LogP contribution is 2.39. The number of nitrogens with zero attached hydrogens (tertiary/aromatic N) is 2. The van der Waals surface area contributed by atoms with Gasteiger partial charge in [-0.05, 0) is 69.7 Å². The van der Waals surface area contributed by atoms with Crippen LogP contribution in [-0.2, 0) is 9.59 Å². The Bertz CT molecular complexity index is 708. The monoisotopic (exact) mass is 371 g/mol. The molecule has 0 radical (unpaired) electrons. The average molecular weight is 372 g/mol. The number of benzene rings is 1. The molecule has 1 N–H and O–H groups in total. The van der Waals surface area contributed by atoms with Crippen molar-refractivity contribution >= 4 is 11.8 Å². The largest absolute Gasteiger partial charge is 0.348 e. The second-order valence-electron chi connectivity index (χ2n) is 8.68. The lowest BCUT2D eigenvalue weighted by Gasteiger charge is -2.46. The summed E-state index contributed by atoms with van der Waals surface area (Å²) in [4.78, 5) is 28.4. The first-order valence-electron chi connectivity index (χ1n) is 10.1. The highest BCUT2D eigenvalue weighted by Gasteiger charge is 2.40. The molecule has 3 rings (SSSR count). The Kier molecular flexibility index (Phi) is 5.89. The first kappa shape index (κ1) is 19.9. The van der Waals surface area contributed by atoms with E-state index in [4.69, 9.17) is 0 Å². The fourth-order valence-corrected chi connectivity index (χ4v) is 4.62. The molecule has 1 atom stereocenters. The van der Waals surface area contributed by atoms with Crippen LogP contribution in [0.4, 0.5) is 0 Å². The summed E-state index contributed by atoms with van der Waals surface area (Å²) in [6, 6.07) is 6.40. The quantitative estimate of drug-likeness (QED) is 0.885. The summed E-state index contributed by atoms with van der Waals surface area (Å²) in [6.07, 6.45) is 3.82. The van der Waals surface area contributed by atoms with E-state index in [0.29, 0.717) is 13.0 Å². The van der Waals surface area contributed by atoms with Gasteiger partial charge in [-0.25, -0.2) is 0 Å². The predicted octanol–water partition coefficient (Wildman–Crippen LogP) is 2.82. The number of carbonyl (C=O) groups excluding carboxylic acids is 2. The maximum Gasteiger partial charge on any atom is 0.234 e. The predicted molar refractivity (Wildman–Crippen MR) is 107 cm³/mol. The van der Waals surface area contributed by atoms with Crippen molar-refractivity contribution in [1.29, 1.82) is 0 Å². The minimum atomic E-state index is 0.0199. The van der Waals surface area contributed by atoms with E-state index in [1.807, 2.05) is 11.9 Å². The summed E-state index contributed by atoms with van der Waals surface area (Å²) in [5.41, 5.74) is 3.89. The number of aryl methyl sites for hydroxylation is 2. The van der Waals surface area contributed by atoms with Gasteiger partial charge in [0.2, 0.25) is 11.8 Å². The number of hydrogen-bond donors (Lipinski definition) is 1. The van der Waals surface area contributed by atoms with Gasteiger partial charge >= 0.3 is 0 Å². The third-order valence-corrected chi connectivity index (χ3v) is 6.43. The molecule has 148 valence electrons. The van der Waals surface area contributed by atoms with Gasteiger partial charge in [0.25, 0.3) is 0 Å².